The highest BCUT2D eigenvalue weighted by molar-refractivity contribution is 5.76. The zero-order valence-corrected chi connectivity index (χ0v) is 19.4. The van der Waals surface area contributed by atoms with Crippen molar-refractivity contribution in [2.45, 2.75) is 57.0 Å². The van der Waals surface area contributed by atoms with Crippen LogP contribution in [-0.2, 0) is 4.74 Å². The van der Waals surface area contributed by atoms with E-state index in [1.807, 2.05) is 0 Å². The first-order valence-electron chi connectivity index (χ1n) is 12.0. The van der Waals surface area contributed by atoms with Gasteiger partial charge in [0.25, 0.3) is 0 Å². The summed E-state index contributed by atoms with van der Waals surface area (Å²) < 4.78 is 35.2. The van der Waals surface area contributed by atoms with Crippen LogP contribution >= 0.6 is 0 Å². The van der Waals surface area contributed by atoms with Gasteiger partial charge in [0.1, 0.15) is 17.2 Å². The van der Waals surface area contributed by atoms with Gasteiger partial charge in [0.2, 0.25) is 11.9 Å². The second-order valence-electron chi connectivity index (χ2n) is 9.70. The molecule has 2 aliphatic rings. The average molecular weight is 472 g/mol. The lowest BCUT2D eigenvalue weighted by atomic mass is 9.86. The number of nitrogens with two attached hydrogens (primary N) is 1. The van der Waals surface area contributed by atoms with Crippen molar-refractivity contribution in [2.24, 2.45) is 11.7 Å². The highest BCUT2D eigenvalue weighted by Crippen LogP contribution is 2.37. The van der Waals surface area contributed by atoms with Gasteiger partial charge in [0.15, 0.2) is 5.65 Å². The highest BCUT2D eigenvalue weighted by Gasteiger charge is 2.30. The van der Waals surface area contributed by atoms with Crippen LogP contribution in [0, 0.1) is 17.6 Å². The average Bonchev–Trinajstić information content (AvgIpc) is 3.15. The molecule has 3 heterocycles. The van der Waals surface area contributed by atoms with Crippen molar-refractivity contribution in [3.63, 3.8) is 0 Å². The summed E-state index contributed by atoms with van der Waals surface area (Å²) in [7, 11) is 0. The molecule has 0 amide bonds. The van der Waals surface area contributed by atoms with Crippen LogP contribution in [0.15, 0.2) is 24.4 Å². The van der Waals surface area contributed by atoms with Crippen LogP contribution < -0.4 is 16.4 Å². The molecule has 1 aliphatic heterocycles. The SMILES string of the molecule is CC1(Nc2ncc3nc(Nc4cc(F)cc(F)c4)n([C@H]4CC[C@@H](CN)CC4)c3n2)CCOCC1. The Kier molecular flexibility index (Phi) is 6.35. The third-order valence-corrected chi connectivity index (χ3v) is 7.08. The Bertz CT molecular complexity index is 1130. The van der Waals surface area contributed by atoms with Gasteiger partial charge in [-0.15, -0.1) is 0 Å². The fraction of sp³-hybridized carbons (Fsp3) is 0.542. The van der Waals surface area contributed by atoms with Crippen LogP contribution in [0.1, 0.15) is 51.5 Å². The van der Waals surface area contributed by atoms with E-state index in [1.54, 1.807) is 6.20 Å². The fourth-order valence-corrected chi connectivity index (χ4v) is 5.00. The van der Waals surface area contributed by atoms with Gasteiger partial charge >= 0.3 is 0 Å². The van der Waals surface area contributed by atoms with Gasteiger partial charge in [0.05, 0.1) is 6.20 Å². The summed E-state index contributed by atoms with van der Waals surface area (Å²) in [6, 6.07) is 3.50. The van der Waals surface area contributed by atoms with Crippen LogP contribution in [0.3, 0.4) is 0 Å². The molecule has 182 valence electrons. The maximum absolute atomic E-state index is 13.8. The van der Waals surface area contributed by atoms with Crippen molar-refractivity contribution in [1.29, 1.82) is 0 Å². The van der Waals surface area contributed by atoms with Crippen LogP contribution in [-0.4, -0.2) is 44.8 Å². The molecule has 4 N–H and O–H groups in total. The molecule has 0 spiro atoms. The third kappa shape index (κ3) is 4.83. The van der Waals surface area contributed by atoms with Crippen molar-refractivity contribution in [1.82, 2.24) is 19.5 Å². The summed E-state index contributed by atoms with van der Waals surface area (Å²) in [5.74, 6) is 0.256. The largest absolute Gasteiger partial charge is 0.381 e. The van der Waals surface area contributed by atoms with Crippen molar-refractivity contribution in [2.75, 3.05) is 30.4 Å². The normalized spacial score (nSPS) is 22.6. The minimum atomic E-state index is -0.649. The molecule has 1 aromatic carbocycles. The smallest absolute Gasteiger partial charge is 0.225 e. The van der Waals surface area contributed by atoms with Gasteiger partial charge in [-0.1, -0.05) is 0 Å². The number of hydrogen-bond donors (Lipinski definition) is 3. The molecule has 10 heteroatoms. The monoisotopic (exact) mass is 471 g/mol. The van der Waals surface area contributed by atoms with Gasteiger partial charge in [-0.05, 0) is 70.0 Å². The number of aromatic nitrogens is 4. The van der Waals surface area contributed by atoms with Crippen molar-refractivity contribution in [3.8, 4) is 0 Å². The zero-order valence-electron chi connectivity index (χ0n) is 19.4. The lowest BCUT2D eigenvalue weighted by molar-refractivity contribution is 0.0656. The molecule has 1 aliphatic carbocycles. The number of fused-ring (bicyclic) bond motifs is 1. The molecule has 0 atom stereocenters. The first-order chi connectivity index (χ1) is 16.4. The maximum atomic E-state index is 13.8. The molecule has 5 rings (SSSR count). The van der Waals surface area contributed by atoms with Crippen LogP contribution in [0.25, 0.3) is 11.2 Å². The van der Waals surface area contributed by atoms with E-state index in [9.17, 15) is 8.78 Å². The van der Waals surface area contributed by atoms with E-state index in [-0.39, 0.29) is 11.6 Å². The Morgan fingerprint density at radius 3 is 2.47 bits per heavy atom. The summed E-state index contributed by atoms with van der Waals surface area (Å²) in [5, 5.41) is 6.61. The van der Waals surface area contributed by atoms with E-state index in [0.29, 0.717) is 54.4 Å². The Hall–Kier alpha value is -2.85. The lowest BCUT2D eigenvalue weighted by Gasteiger charge is -2.34. The van der Waals surface area contributed by atoms with Gasteiger partial charge in [-0.25, -0.2) is 18.7 Å². The first-order valence-corrected chi connectivity index (χ1v) is 12.0. The van der Waals surface area contributed by atoms with E-state index in [0.717, 1.165) is 44.6 Å². The van der Waals surface area contributed by atoms with E-state index in [1.165, 1.54) is 12.1 Å². The number of ether oxygens (including phenoxy) is 1. The summed E-state index contributed by atoms with van der Waals surface area (Å²) in [6.45, 7) is 4.24. The summed E-state index contributed by atoms with van der Waals surface area (Å²) >= 11 is 0. The number of benzene rings is 1. The third-order valence-electron chi connectivity index (χ3n) is 7.08. The standard InChI is InChI=1S/C24H31F2N7O/c1-24(6-8-34-9-7-24)32-22-28-14-20-21(31-22)33(19-4-2-15(13-27)3-5-19)23(30-20)29-18-11-16(25)10-17(26)12-18/h10-12,14-15,19H,2-9,13,27H2,1H3,(H,29,30)(H,28,31,32)/t15-,19+. The molecule has 3 aromatic rings. The number of rotatable bonds is 6. The Balaban J connectivity index is 1.52. The Labute approximate surface area is 197 Å². The molecule has 8 nitrogen and oxygen atoms in total. The number of imidazole rings is 1. The molecule has 1 saturated heterocycles. The quantitative estimate of drug-likeness (QED) is 0.486. The number of nitrogens with zero attached hydrogens (tertiary/aromatic N) is 4. The molecule has 34 heavy (non-hydrogen) atoms. The molecule has 0 unspecified atom stereocenters. The number of nitrogens with one attached hydrogen (secondary N) is 2. The van der Waals surface area contributed by atoms with E-state index < -0.39 is 11.6 Å². The van der Waals surface area contributed by atoms with Gasteiger partial charge in [0, 0.05) is 36.5 Å². The Morgan fingerprint density at radius 2 is 1.79 bits per heavy atom. The zero-order chi connectivity index (χ0) is 23.7. The lowest BCUT2D eigenvalue weighted by Crippen LogP contribution is -2.41. The summed E-state index contributed by atoms with van der Waals surface area (Å²) in [5.41, 5.74) is 7.38. The van der Waals surface area contributed by atoms with Crippen LogP contribution in [0.2, 0.25) is 0 Å². The molecular formula is C24H31F2N7O. The minimum absolute atomic E-state index is 0.143. The topological polar surface area (TPSA) is 103 Å². The highest BCUT2D eigenvalue weighted by atomic mass is 19.1. The predicted octanol–water partition coefficient (Wildman–Crippen LogP) is 4.52. The molecule has 1 saturated carbocycles. The number of anilines is 3. The van der Waals surface area contributed by atoms with Gasteiger partial charge in [-0.3, -0.25) is 4.57 Å². The van der Waals surface area contributed by atoms with E-state index >= 15 is 0 Å². The van der Waals surface area contributed by atoms with Gasteiger partial charge in [-0.2, -0.15) is 4.98 Å². The predicted molar refractivity (Wildman–Crippen MR) is 127 cm³/mol. The van der Waals surface area contributed by atoms with Crippen molar-refractivity contribution >= 4 is 28.7 Å². The fourth-order valence-electron chi connectivity index (χ4n) is 5.00. The number of hydrogen-bond acceptors (Lipinski definition) is 7. The minimum Gasteiger partial charge on any atom is -0.381 e. The van der Waals surface area contributed by atoms with Crippen LogP contribution in [0.5, 0.6) is 0 Å². The summed E-state index contributed by atoms with van der Waals surface area (Å²) in [4.78, 5) is 14.1. The van der Waals surface area contributed by atoms with Gasteiger partial charge < -0.3 is 21.1 Å². The molecule has 0 bridgehead atoms. The first kappa shape index (κ1) is 22.9. The second kappa shape index (κ2) is 9.42. The Morgan fingerprint density at radius 1 is 1.09 bits per heavy atom. The molecule has 2 aromatic heterocycles. The second-order valence-corrected chi connectivity index (χ2v) is 9.70. The van der Waals surface area contributed by atoms with E-state index in [2.05, 4.69) is 27.1 Å². The van der Waals surface area contributed by atoms with Crippen molar-refractivity contribution in [3.05, 3.63) is 36.0 Å². The molecular weight excluding hydrogens is 440 g/mol. The molecule has 2 fully saturated rings. The van der Waals surface area contributed by atoms with E-state index in [4.69, 9.17) is 20.4 Å². The number of halogens is 2. The maximum Gasteiger partial charge on any atom is 0.225 e. The molecule has 0 radical (unpaired) electrons. The van der Waals surface area contributed by atoms with Crippen LogP contribution in [0.4, 0.5) is 26.4 Å². The van der Waals surface area contributed by atoms with Crippen molar-refractivity contribution < 1.29 is 13.5 Å². The summed E-state index contributed by atoms with van der Waals surface area (Å²) in [6.07, 6.45) is 7.34.